The largest absolute Gasteiger partial charge is 0.360 e. The lowest BCUT2D eigenvalue weighted by Gasteiger charge is -2.03. The van der Waals surface area contributed by atoms with Gasteiger partial charge in [-0.1, -0.05) is 5.16 Å². The van der Waals surface area contributed by atoms with Crippen molar-refractivity contribution in [1.29, 1.82) is 0 Å². The van der Waals surface area contributed by atoms with Crippen LogP contribution in [0.5, 0.6) is 0 Å². The molecule has 0 spiro atoms. The zero-order valence-corrected chi connectivity index (χ0v) is 11.4. The van der Waals surface area contributed by atoms with E-state index in [4.69, 9.17) is 4.52 Å². The minimum Gasteiger partial charge on any atom is -0.360 e. The van der Waals surface area contributed by atoms with Crippen LogP contribution in [0.2, 0.25) is 0 Å². The van der Waals surface area contributed by atoms with Crippen molar-refractivity contribution in [1.82, 2.24) is 15.1 Å². The van der Waals surface area contributed by atoms with Gasteiger partial charge < -0.3 is 4.52 Å². The average molecular weight is 260 g/mol. The smallest absolute Gasteiger partial charge is 0.236 e. The maximum atomic E-state index is 10.8. The quantitative estimate of drug-likeness (QED) is 0.676. The second-order valence-corrected chi connectivity index (χ2v) is 4.38. The molecule has 0 aliphatic rings. The molecule has 0 aromatic carbocycles. The number of rotatable bonds is 3. The van der Waals surface area contributed by atoms with E-state index in [1.165, 1.54) is 6.92 Å². The van der Waals surface area contributed by atoms with Crippen LogP contribution < -0.4 is 5.43 Å². The van der Waals surface area contributed by atoms with Crippen LogP contribution in [0, 0.1) is 20.8 Å². The topological polar surface area (TPSA) is 72.4 Å². The molecule has 0 atom stereocenters. The SMILES string of the molecule is CC(=O)N/N=C\c1cc(C)n(-c2cc(C)on2)c1C. The Hall–Kier alpha value is -2.37. The van der Waals surface area contributed by atoms with Gasteiger partial charge in [0.05, 0.1) is 6.21 Å². The van der Waals surface area contributed by atoms with Crippen molar-refractivity contribution in [2.75, 3.05) is 0 Å². The van der Waals surface area contributed by atoms with E-state index in [9.17, 15) is 4.79 Å². The molecule has 2 aromatic rings. The number of aromatic nitrogens is 2. The van der Waals surface area contributed by atoms with Crippen LogP contribution >= 0.6 is 0 Å². The maximum absolute atomic E-state index is 10.8. The third kappa shape index (κ3) is 2.73. The van der Waals surface area contributed by atoms with Gasteiger partial charge in [0.25, 0.3) is 0 Å². The molecule has 0 fully saturated rings. The molecule has 2 heterocycles. The lowest BCUT2D eigenvalue weighted by atomic mass is 10.3. The summed E-state index contributed by atoms with van der Waals surface area (Å²) in [5.41, 5.74) is 5.31. The highest BCUT2D eigenvalue weighted by Crippen LogP contribution is 2.19. The summed E-state index contributed by atoms with van der Waals surface area (Å²) in [6.07, 6.45) is 1.62. The molecular weight excluding hydrogens is 244 g/mol. The number of aryl methyl sites for hydroxylation is 2. The Morgan fingerprint density at radius 1 is 1.42 bits per heavy atom. The molecule has 0 bridgehead atoms. The fourth-order valence-electron chi connectivity index (χ4n) is 1.92. The summed E-state index contributed by atoms with van der Waals surface area (Å²) < 4.78 is 7.07. The van der Waals surface area contributed by atoms with Crippen LogP contribution in [0.1, 0.15) is 29.6 Å². The van der Waals surface area contributed by atoms with Gasteiger partial charge in [-0.3, -0.25) is 9.36 Å². The molecular formula is C13H16N4O2. The van der Waals surface area contributed by atoms with Gasteiger partial charge in [-0.05, 0) is 26.8 Å². The van der Waals surface area contributed by atoms with E-state index >= 15 is 0 Å². The Morgan fingerprint density at radius 2 is 2.16 bits per heavy atom. The summed E-state index contributed by atoms with van der Waals surface area (Å²) in [6.45, 7) is 7.21. The van der Waals surface area contributed by atoms with Crippen molar-refractivity contribution in [2.24, 2.45) is 5.10 Å². The van der Waals surface area contributed by atoms with Gasteiger partial charge in [0.1, 0.15) is 5.76 Å². The number of carbonyl (C=O) groups is 1. The summed E-state index contributed by atoms with van der Waals surface area (Å²) in [5.74, 6) is 1.31. The van der Waals surface area contributed by atoms with Crippen molar-refractivity contribution in [3.05, 3.63) is 34.8 Å². The molecule has 0 saturated heterocycles. The van der Waals surface area contributed by atoms with E-state index in [0.29, 0.717) is 0 Å². The Bertz CT molecular complexity index is 637. The summed E-state index contributed by atoms with van der Waals surface area (Å²) in [4.78, 5) is 10.8. The van der Waals surface area contributed by atoms with Crippen molar-refractivity contribution < 1.29 is 9.32 Å². The van der Waals surface area contributed by atoms with Crippen LogP contribution in [0.25, 0.3) is 5.82 Å². The number of hydrogen-bond donors (Lipinski definition) is 1. The van der Waals surface area contributed by atoms with Gasteiger partial charge in [0.2, 0.25) is 5.91 Å². The molecule has 0 unspecified atom stereocenters. The molecule has 0 aliphatic carbocycles. The van der Waals surface area contributed by atoms with Crippen LogP contribution in [0.15, 0.2) is 21.8 Å². The van der Waals surface area contributed by atoms with Gasteiger partial charge in [0.15, 0.2) is 5.82 Å². The van der Waals surface area contributed by atoms with Crippen molar-refractivity contribution in [2.45, 2.75) is 27.7 Å². The fraction of sp³-hybridized carbons (Fsp3) is 0.308. The van der Waals surface area contributed by atoms with E-state index in [-0.39, 0.29) is 5.91 Å². The molecule has 6 nitrogen and oxygen atoms in total. The zero-order chi connectivity index (χ0) is 14.0. The van der Waals surface area contributed by atoms with E-state index < -0.39 is 0 Å². The molecule has 0 aliphatic heterocycles. The zero-order valence-electron chi connectivity index (χ0n) is 11.4. The first-order chi connectivity index (χ1) is 8.99. The highest BCUT2D eigenvalue weighted by atomic mass is 16.5. The highest BCUT2D eigenvalue weighted by molar-refractivity contribution is 5.83. The predicted molar refractivity (Wildman–Crippen MR) is 71.5 cm³/mol. The molecule has 2 aromatic heterocycles. The summed E-state index contributed by atoms with van der Waals surface area (Å²) >= 11 is 0. The number of hydrazone groups is 1. The summed E-state index contributed by atoms with van der Waals surface area (Å²) in [7, 11) is 0. The van der Waals surface area contributed by atoms with Crippen molar-refractivity contribution >= 4 is 12.1 Å². The van der Waals surface area contributed by atoms with Gasteiger partial charge in [-0.25, -0.2) is 5.43 Å². The highest BCUT2D eigenvalue weighted by Gasteiger charge is 2.12. The van der Waals surface area contributed by atoms with Gasteiger partial charge in [-0.15, -0.1) is 0 Å². The normalized spacial score (nSPS) is 11.2. The minimum absolute atomic E-state index is 0.197. The van der Waals surface area contributed by atoms with Gasteiger partial charge in [-0.2, -0.15) is 5.10 Å². The van der Waals surface area contributed by atoms with Crippen LogP contribution in [0.3, 0.4) is 0 Å². The van der Waals surface area contributed by atoms with E-state index in [2.05, 4.69) is 15.7 Å². The Balaban J connectivity index is 2.35. The number of nitrogens with one attached hydrogen (secondary N) is 1. The number of nitrogens with zero attached hydrogens (tertiary/aromatic N) is 3. The Morgan fingerprint density at radius 3 is 2.74 bits per heavy atom. The predicted octanol–water partition coefficient (Wildman–Crippen LogP) is 1.86. The molecule has 1 N–H and O–H groups in total. The summed E-state index contributed by atoms with van der Waals surface area (Å²) in [6, 6.07) is 3.85. The first kappa shape index (κ1) is 13.1. The van der Waals surface area contributed by atoms with Gasteiger partial charge >= 0.3 is 0 Å². The third-order valence-electron chi connectivity index (χ3n) is 2.74. The first-order valence-electron chi connectivity index (χ1n) is 5.91. The molecule has 1 amide bonds. The van der Waals surface area contributed by atoms with E-state index in [1.807, 2.05) is 37.5 Å². The second-order valence-electron chi connectivity index (χ2n) is 4.38. The molecule has 0 saturated carbocycles. The maximum Gasteiger partial charge on any atom is 0.236 e. The molecule has 100 valence electrons. The second kappa shape index (κ2) is 5.09. The van der Waals surface area contributed by atoms with E-state index in [0.717, 1.165) is 28.5 Å². The van der Waals surface area contributed by atoms with Crippen LogP contribution in [-0.2, 0) is 4.79 Å². The average Bonchev–Trinajstić information content (AvgIpc) is 2.84. The molecule has 0 radical (unpaired) electrons. The molecule has 2 rings (SSSR count). The molecule has 19 heavy (non-hydrogen) atoms. The number of amides is 1. The number of carbonyl (C=O) groups excluding carboxylic acids is 1. The lowest BCUT2D eigenvalue weighted by Crippen LogP contribution is -2.12. The standard InChI is InChI=1S/C13H16N4O2/c1-8-5-12(7-14-15-11(4)18)10(3)17(8)13-6-9(2)19-16-13/h5-7H,1-4H3,(H,15,18)/b14-7-. The third-order valence-corrected chi connectivity index (χ3v) is 2.74. The van der Waals surface area contributed by atoms with Crippen LogP contribution in [-0.4, -0.2) is 21.8 Å². The van der Waals surface area contributed by atoms with Crippen molar-refractivity contribution in [3.63, 3.8) is 0 Å². The molecule has 6 heteroatoms. The number of hydrogen-bond acceptors (Lipinski definition) is 4. The van der Waals surface area contributed by atoms with E-state index in [1.54, 1.807) is 6.21 Å². The summed E-state index contributed by atoms with van der Waals surface area (Å²) in [5, 5.41) is 7.88. The minimum atomic E-state index is -0.197. The Kier molecular flexibility index (Phi) is 3.50. The Labute approximate surface area is 111 Å². The first-order valence-corrected chi connectivity index (χ1v) is 5.91. The monoisotopic (exact) mass is 260 g/mol. The fourth-order valence-corrected chi connectivity index (χ4v) is 1.92. The van der Waals surface area contributed by atoms with Crippen molar-refractivity contribution in [3.8, 4) is 5.82 Å². The van der Waals surface area contributed by atoms with Gasteiger partial charge in [0, 0.05) is 29.9 Å². The van der Waals surface area contributed by atoms with Crippen LogP contribution in [0.4, 0.5) is 0 Å². The lowest BCUT2D eigenvalue weighted by molar-refractivity contribution is -0.118.